The summed E-state index contributed by atoms with van der Waals surface area (Å²) < 4.78 is 88.1. The first-order valence-electron chi connectivity index (χ1n) is 29.9. The Labute approximate surface area is 483 Å². The van der Waals surface area contributed by atoms with E-state index in [0.717, 1.165) is 30.4 Å². The van der Waals surface area contributed by atoms with Crippen LogP contribution in [0.3, 0.4) is 0 Å². The van der Waals surface area contributed by atoms with Crippen LogP contribution in [0.1, 0.15) is 154 Å². The molecule has 0 saturated carbocycles. The van der Waals surface area contributed by atoms with Crippen LogP contribution in [-0.4, -0.2) is 134 Å². The Kier molecular flexibility index (Phi) is 22.7. The molecule has 6 heterocycles. The average molecular weight is 1190 g/mol. The molecule has 0 aromatic carbocycles. The second-order valence-corrected chi connectivity index (χ2v) is 44.8. The minimum Gasteiger partial charge on any atom is -0.456 e. The monoisotopic (exact) mass is 1190 g/mol. The van der Waals surface area contributed by atoms with E-state index in [2.05, 4.69) is 129 Å². The molecule has 79 heavy (non-hydrogen) atoms. The van der Waals surface area contributed by atoms with Crippen LogP contribution >= 0.6 is 16.9 Å². The van der Waals surface area contributed by atoms with Gasteiger partial charge in [-0.3, -0.25) is 13.9 Å². The summed E-state index contributed by atoms with van der Waals surface area (Å²) in [6, 6.07) is 0. The smallest absolute Gasteiger partial charge is 0.330 e. The van der Waals surface area contributed by atoms with Crippen molar-refractivity contribution in [2.75, 3.05) is 6.16 Å². The Morgan fingerprint density at radius 2 is 1.24 bits per heavy atom. The van der Waals surface area contributed by atoms with Crippen molar-refractivity contribution >= 4 is 53.6 Å². The number of esters is 1. The van der Waals surface area contributed by atoms with Gasteiger partial charge in [-0.1, -0.05) is 108 Å². The minimum absolute atomic E-state index is 0.00203. The molecule has 0 radical (unpaired) electrons. The van der Waals surface area contributed by atoms with E-state index >= 15 is 0 Å². The van der Waals surface area contributed by atoms with Crippen LogP contribution in [0.2, 0.25) is 54.4 Å². The fourth-order valence-electron chi connectivity index (χ4n) is 11.6. The van der Waals surface area contributed by atoms with E-state index in [0.29, 0.717) is 57.5 Å². The number of hydrogen-bond acceptors (Lipinski definition) is 13. The summed E-state index contributed by atoms with van der Waals surface area (Å²) in [6.45, 7) is 49.4. The van der Waals surface area contributed by atoms with Gasteiger partial charge in [-0.05, 0) is 135 Å². The summed E-state index contributed by atoms with van der Waals surface area (Å²) in [6.07, 6.45) is 8.22. The molecular weight excluding hydrogens is 1090 g/mol. The Bertz CT molecular complexity index is 2200. The van der Waals surface area contributed by atoms with Crippen LogP contribution in [0.5, 0.6) is 0 Å². The molecule has 6 aliphatic heterocycles. The Hall–Kier alpha value is -1.37. The van der Waals surface area contributed by atoms with Gasteiger partial charge in [0.05, 0.1) is 78.9 Å². The van der Waals surface area contributed by atoms with E-state index in [9.17, 15) is 18.7 Å². The van der Waals surface area contributed by atoms with Crippen LogP contribution in [0, 0.1) is 17.8 Å². The molecule has 5 saturated heterocycles. The number of rotatable bonds is 10. The van der Waals surface area contributed by atoms with Crippen molar-refractivity contribution in [2.24, 2.45) is 17.8 Å². The fraction of sp³-hybridized carbons (Fsp3) is 0.836. The molecule has 6 rings (SSSR count). The zero-order valence-electron chi connectivity index (χ0n) is 51.8. The molecule has 448 valence electrons. The Morgan fingerprint density at radius 1 is 0.633 bits per heavy atom. The highest BCUT2D eigenvalue weighted by atomic mass is 31.1. The molecule has 0 aliphatic carbocycles. The minimum atomic E-state index is -2.53. The first-order valence-corrected chi connectivity index (χ1v) is 40.5. The third-order valence-corrected chi connectivity index (χ3v) is 34.6. The largest absolute Gasteiger partial charge is 0.456 e. The second-order valence-electron chi connectivity index (χ2n) is 28.9. The molecule has 5 fully saturated rings. The first kappa shape index (κ1) is 66.8. The number of carbonyl (C=O) groups is 2. The topological polar surface area (TPSA) is 151 Å². The van der Waals surface area contributed by atoms with Crippen LogP contribution in [0.4, 0.5) is 0 Å². The van der Waals surface area contributed by atoms with Crippen molar-refractivity contribution in [3.8, 4) is 0 Å². The fourth-order valence-corrected chi connectivity index (χ4v) is 16.6. The van der Waals surface area contributed by atoms with Crippen molar-refractivity contribution < 1.29 is 60.4 Å². The van der Waals surface area contributed by atoms with E-state index in [1.165, 1.54) is 6.08 Å². The SMILES string of the molecule is C=C1C[C@@H]2CCC(=O)/C=C/[C@H](O[Si](C)(C)C(C)(C)C)[C@@H]3O[C@@H](CCC=CC(=O)OC4C(C[C@H]5O[C@@H](CCC1O2)C[C@@H](C)C5=C)O[C@H]1C[C@@H](P=O)[C@@H](CCP=O)O[C@H]1[C@@H]4C)[C@H](C)[C@H](O[Si](C)(C)C(C)(C)C)[C@@H]3O[Si](C)(C)C(C)(C)C. The van der Waals surface area contributed by atoms with Gasteiger partial charge in [0, 0.05) is 36.9 Å². The van der Waals surface area contributed by atoms with Gasteiger partial charge in [0.2, 0.25) is 0 Å². The lowest BCUT2D eigenvalue weighted by Crippen LogP contribution is -2.65. The molecule has 13 nitrogen and oxygen atoms in total. The predicted molar refractivity (Wildman–Crippen MR) is 323 cm³/mol. The Balaban J connectivity index is 1.40. The van der Waals surface area contributed by atoms with Gasteiger partial charge < -0.3 is 41.7 Å². The number of carbonyl (C=O) groups excluding carboxylic acids is 2. The number of hydrogen-bond donors (Lipinski definition) is 0. The average Bonchev–Trinajstić information content (AvgIpc) is 3.74. The molecule has 0 aromatic heterocycles. The molecule has 0 spiro atoms. The van der Waals surface area contributed by atoms with E-state index in [4.69, 9.17) is 41.7 Å². The number of allylic oxidation sites excluding steroid dienone is 2. The van der Waals surface area contributed by atoms with E-state index in [-0.39, 0.29) is 104 Å². The van der Waals surface area contributed by atoms with Gasteiger partial charge in [0.25, 0.3) is 0 Å². The molecule has 18 atom stereocenters. The highest BCUT2D eigenvalue weighted by Crippen LogP contribution is 2.48. The number of fused-ring (bicyclic) bond motifs is 8. The number of ether oxygens (including phenoxy) is 6. The first-order chi connectivity index (χ1) is 36.6. The molecule has 3 unspecified atom stereocenters. The predicted octanol–water partition coefficient (Wildman–Crippen LogP) is 14.9. The van der Waals surface area contributed by atoms with Crippen LogP contribution < -0.4 is 0 Å². The summed E-state index contributed by atoms with van der Waals surface area (Å²) in [5, 5.41) is -0.382. The highest BCUT2D eigenvalue weighted by molar-refractivity contribution is 7.25. The second kappa shape index (κ2) is 26.9. The van der Waals surface area contributed by atoms with Gasteiger partial charge >= 0.3 is 5.97 Å². The van der Waals surface area contributed by atoms with E-state index in [1.54, 1.807) is 6.08 Å². The standard InChI is InChI=1S/C61H104O13P2Si3/c1-37-33-44-28-30-45-38(2)34-43(66-45)27-25-42(62)26-29-48(72-77(15,16)59(6,7)8)57-58(74-79(19,20)61(12,13)14)56(73-78(17,18)60(9,10)11)40(4)46(69-57)23-21-22-24-53(63)71-55-41(5)54-51(68-50(55)35-49(67-44)39(37)3)36-52(76-65)47(70-54)31-32-75-64/h22,24,26,29,37,40-41,43-52,54-58H,2-3,21,23,25,27-28,30-36H2,1,4-20H3/b24-22?,29-26+/t37-,40+,41+,43+,44+,45?,46+,47-,48+,49-,50?,51+,52-,54+,55?,56+,57+,58+/m1/s1. The van der Waals surface area contributed by atoms with Crippen molar-refractivity contribution in [1.82, 2.24) is 0 Å². The lowest BCUT2D eigenvalue weighted by molar-refractivity contribution is -0.252. The van der Waals surface area contributed by atoms with Gasteiger partial charge in [-0.25, -0.2) is 4.79 Å². The van der Waals surface area contributed by atoms with Crippen molar-refractivity contribution in [3.63, 3.8) is 0 Å². The quantitative estimate of drug-likeness (QED) is 0.0884. The van der Waals surface area contributed by atoms with Crippen molar-refractivity contribution in [3.05, 3.63) is 48.6 Å². The maximum absolute atomic E-state index is 14.3. The van der Waals surface area contributed by atoms with Gasteiger partial charge in [-0.15, -0.1) is 0 Å². The van der Waals surface area contributed by atoms with Crippen LogP contribution in [0.25, 0.3) is 0 Å². The lowest BCUT2D eigenvalue weighted by atomic mass is 9.79. The Morgan fingerprint density at radius 3 is 1.86 bits per heavy atom. The van der Waals surface area contributed by atoms with E-state index < -0.39 is 73.6 Å². The van der Waals surface area contributed by atoms with Gasteiger partial charge in [0.1, 0.15) is 12.2 Å². The molecule has 0 amide bonds. The summed E-state index contributed by atoms with van der Waals surface area (Å²) in [5.41, 5.74) is 1.70. The van der Waals surface area contributed by atoms with Crippen molar-refractivity contribution in [2.45, 2.75) is 299 Å². The summed E-state index contributed by atoms with van der Waals surface area (Å²) >= 11 is 0. The zero-order chi connectivity index (χ0) is 58.8. The third kappa shape index (κ3) is 16.5. The van der Waals surface area contributed by atoms with Gasteiger partial charge in [0.15, 0.2) is 47.7 Å². The molecular formula is C61H104O13P2Si3. The summed E-state index contributed by atoms with van der Waals surface area (Å²) in [5.74, 6) is -0.705. The maximum Gasteiger partial charge on any atom is 0.330 e. The van der Waals surface area contributed by atoms with Crippen LogP contribution in [-0.2, 0) is 60.4 Å². The summed E-state index contributed by atoms with van der Waals surface area (Å²) in [7, 11) is -7.52. The molecule has 6 bridgehead atoms. The molecule has 18 heteroatoms. The zero-order valence-corrected chi connectivity index (χ0v) is 56.6. The summed E-state index contributed by atoms with van der Waals surface area (Å²) in [4.78, 5) is 28.5. The maximum atomic E-state index is 14.3. The van der Waals surface area contributed by atoms with Crippen LogP contribution in [0.15, 0.2) is 48.6 Å². The van der Waals surface area contributed by atoms with Crippen molar-refractivity contribution in [1.29, 1.82) is 0 Å². The lowest BCUT2D eigenvalue weighted by Gasteiger charge is -2.54. The molecule has 6 aliphatic rings. The highest BCUT2D eigenvalue weighted by Gasteiger charge is 2.56. The normalized spacial score (nSPS) is 38.1. The molecule has 0 N–H and O–H groups in total. The van der Waals surface area contributed by atoms with Gasteiger partial charge in [-0.2, -0.15) is 0 Å². The van der Waals surface area contributed by atoms with E-state index in [1.807, 2.05) is 19.1 Å². The molecule has 0 aromatic rings. The number of ketones is 1. The third-order valence-electron chi connectivity index (χ3n) is 19.9.